The van der Waals surface area contributed by atoms with Crippen LogP contribution >= 0.6 is 0 Å². The first-order valence-corrected chi connectivity index (χ1v) is 9.74. The summed E-state index contributed by atoms with van der Waals surface area (Å²) in [6.45, 7) is 4.27. The van der Waals surface area contributed by atoms with Gasteiger partial charge in [-0.15, -0.1) is 0 Å². The van der Waals surface area contributed by atoms with Gasteiger partial charge in [-0.2, -0.15) is 0 Å². The Bertz CT molecular complexity index is 1160. The van der Waals surface area contributed by atoms with E-state index in [1.165, 1.54) is 5.69 Å². The third-order valence-corrected chi connectivity index (χ3v) is 5.57. The fourth-order valence-corrected chi connectivity index (χ4v) is 4.03. The minimum atomic E-state index is -0.115. The molecule has 1 fully saturated rings. The SMILES string of the molecule is CN1CCCN(c2ccc3[nH]c(-c4c5cccccc-5[nH]c4=O)nc3c2)CC1. The summed E-state index contributed by atoms with van der Waals surface area (Å²) in [5.41, 5.74) is 5.20. The molecule has 1 aromatic carbocycles. The number of hydrogen-bond donors (Lipinski definition) is 2. The molecule has 2 N–H and O–H groups in total. The maximum Gasteiger partial charge on any atom is 0.260 e. The van der Waals surface area contributed by atoms with Crippen LogP contribution in [0.25, 0.3) is 33.7 Å². The van der Waals surface area contributed by atoms with Crippen molar-refractivity contribution in [3.05, 3.63) is 58.9 Å². The maximum atomic E-state index is 12.6. The largest absolute Gasteiger partial charge is 0.370 e. The van der Waals surface area contributed by atoms with Crippen molar-refractivity contribution in [3.63, 3.8) is 0 Å². The topological polar surface area (TPSA) is 68.0 Å². The molecule has 0 atom stereocenters. The molecule has 0 amide bonds. The van der Waals surface area contributed by atoms with Gasteiger partial charge in [0.2, 0.25) is 0 Å². The van der Waals surface area contributed by atoms with Gasteiger partial charge in [-0.25, -0.2) is 4.98 Å². The van der Waals surface area contributed by atoms with E-state index in [1.54, 1.807) is 0 Å². The molecule has 2 aromatic rings. The van der Waals surface area contributed by atoms with Crippen LogP contribution in [0.15, 0.2) is 53.3 Å². The van der Waals surface area contributed by atoms with E-state index < -0.39 is 0 Å². The Hall–Kier alpha value is -3.12. The predicted molar refractivity (Wildman–Crippen MR) is 113 cm³/mol. The van der Waals surface area contributed by atoms with E-state index in [0.29, 0.717) is 11.4 Å². The lowest BCUT2D eigenvalue weighted by Gasteiger charge is -2.22. The summed E-state index contributed by atoms with van der Waals surface area (Å²) in [6.07, 6.45) is 1.16. The minimum absolute atomic E-state index is 0.115. The van der Waals surface area contributed by atoms with Crippen molar-refractivity contribution in [1.82, 2.24) is 19.9 Å². The Labute approximate surface area is 163 Å². The van der Waals surface area contributed by atoms with Crippen LogP contribution in [-0.2, 0) is 0 Å². The van der Waals surface area contributed by atoms with Gasteiger partial charge in [0.05, 0.1) is 16.6 Å². The molecule has 2 aliphatic heterocycles. The van der Waals surface area contributed by atoms with Crippen LogP contribution < -0.4 is 10.5 Å². The van der Waals surface area contributed by atoms with Crippen molar-refractivity contribution >= 4 is 16.7 Å². The first-order valence-electron chi connectivity index (χ1n) is 9.74. The lowest BCUT2D eigenvalue weighted by molar-refractivity contribution is 0.360. The van der Waals surface area contributed by atoms with E-state index in [1.807, 2.05) is 30.3 Å². The van der Waals surface area contributed by atoms with Crippen molar-refractivity contribution in [2.24, 2.45) is 0 Å². The minimum Gasteiger partial charge on any atom is -0.370 e. The van der Waals surface area contributed by atoms with Crippen LogP contribution in [0.2, 0.25) is 0 Å². The zero-order valence-electron chi connectivity index (χ0n) is 15.9. The van der Waals surface area contributed by atoms with Crippen molar-refractivity contribution < 1.29 is 0 Å². The molecule has 0 unspecified atom stereocenters. The Morgan fingerprint density at radius 3 is 2.79 bits per heavy atom. The molecule has 0 bridgehead atoms. The van der Waals surface area contributed by atoms with Crippen molar-refractivity contribution in [1.29, 1.82) is 0 Å². The van der Waals surface area contributed by atoms with Crippen LogP contribution in [0.3, 0.4) is 0 Å². The highest BCUT2D eigenvalue weighted by molar-refractivity contribution is 5.87. The predicted octanol–water partition coefficient (Wildman–Crippen LogP) is 3.16. The number of nitrogens with one attached hydrogen (secondary N) is 2. The summed E-state index contributed by atoms with van der Waals surface area (Å²) in [4.78, 5) is 28.4. The van der Waals surface area contributed by atoms with Gasteiger partial charge in [0.15, 0.2) is 0 Å². The number of anilines is 1. The normalized spacial score (nSPS) is 16.0. The summed E-state index contributed by atoms with van der Waals surface area (Å²) in [5, 5.41) is 0. The molecule has 28 heavy (non-hydrogen) atoms. The molecule has 0 saturated carbocycles. The van der Waals surface area contributed by atoms with Gasteiger partial charge in [-0.1, -0.05) is 24.3 Å². The molecule has 0 radical (unpaired) electrons. The standard InChI is InChI=1S/C22H23N5O/c1-26-10-5-11-27(13-12-26)15-8-9-18-19(14-15)24-21(23-18)20-16-6-3-2-4-7-17(16)25-22(20)28/h2-4,6-9,14H,5,10-13H2,1H3,(H,23,24)(H,25,28). The molecule has 6 nitrogen and oxygen atoms in total. The van der Waals surface area contributed by atoms with Gasteiger partial charge in [0.25, 0.3) is 5.56 Å². The van der Waals surface area contributed by atoms with E-state index in [0.717, 1.165) is 54.9 Å². The average molecular weight is 373 g/mol. The molecule has 0 spiro atoms. The Morgan fingerprint density at radius 2 is 1.86 bits per heavy atom. The summed E-state index contributed by atoms with van der Waals surface area (Å²) < 4.78 is 0. The van der Waals surface area contributed by atoms with Crippen LogP contribution in [0.1, 0.15) is 6.42 Å². The lowest BCUT2D eigenvalue weighted by Crippen LogP contribution is -2.28. The highest BCUT2D eigenvalue weighted by Gasteiger charge is 2.19. The van der Waals surface area contributed by atoms with Crippen LogP contribution in [0.5, 0.6) is 0 Å². The molecule has 1 aliphatic carbocycles. The zero-order chi connectivity index (χ0) is 19.1. The smallest absolute Gasteiger partial charge is 0.260 e. The van der Waals surface area contributed by atoms with E-state index in [2.05, 4.69) is 45.0 Å². The highest BCUT2D eigenvalue weighted by atomic mass is 16.1. The number of hydrogen-bond acceptors (Lipinski definition) is 4. The van der Waals surface area contributed by atoms with Gasteiger partial charge >= 0.3 is 0 Å². The molecule has 3 aliphatic rings. The Kier molecular flexibility index (Phi) is 4.13. The second-order valence-electron chi connectivity index (χ2n) is 7.50. The summed E-state index contributed by atoms with van der Waals surface area (Å²) >= 11 is 0. The summed E-state index contributed by atoms with van der Waals surface area (Å²) in [5.74, 6) is 0.616. The molecule has 142 valence electrons. The van der Waals surface area contributed by atoms with Crippen molar-refractivity contribution in [2.45, 2.75) is 6.42 Å². The number of rotatable bonds is 2. The maximum absolute atomic E-state index is 12.6. The van der Waals surface area contributed by atoms with Crippen molar-refractivity contribution in [2.75, 3.05) is 38.1 Å². The number of aromatic amines is 2. The lowest BCUT2D eigenvalue weighted by atomic mass is 10.1. The molecule has 6 heteroatoms. The molecular weight excluding hydrogens is 350 g/mol. The highest BCUT2D eigenvalue weighted by Crippen LogP contribution is 2.30. The zero-order valence-corrected chi connectivity index (χ0v) is 15.9. The molecule has 3 heterocycles. The fraction of sp³-hybridized carbons (Fsp3) is 0.273. The molecule has 1 aromatic heterocycles. The summed E-state index contributed by atoms with van der Waals surface area (Å²) in [7, 11) is 2.17. The summed E-state index contributed by atoms with van der Waals surface area (Å²) in [6, 6.07) is 16.0. The van der Waals surface area contributed by atoms with Gasteiger partial charge in [-0.3, -0.25) is 4.79 Å². The third-order valence-electron chi connectivity index (χ3n) is 5.57. The number of H-pyrrole nitrogens is 2. The fourth-order valence-electron chi connectivity index (χ4n) is 4.03. The van der Waals surface area contributed by atoms with Crippen LogP contribution in [-0.4, -0.2) is 53.1 Å². The molecule has 1 saturated heterocycles. The average Bonchev–Trinajstić information content (AvgIpc) is 3.04. The number of benzene rings is 1. The first kappa shape index (κ1) is 17.0. The van der Waals surface area contributed by atoms with Gasteiger partial charge in [0.1, 0.15) is 5.82 Å². The quantitative estimate of drug-likeness (QED) is 0.566. The number of aromatic nitrogens is 3. The second-order valence-corrected chi connectivity index (χ2v) is 7.50. The number of imidazole rings is 1. The number of nitrogens with zero attached hydrogens (tertiary/aromatic N) is 3. The number of likely N-dealkylation sites (N-methyl/N-ethyl adjacent to an activating group) is 1. The first-order chi connectivity index (χ1) is 13.7. The van der Waals surface area contributed by atoms with Crippen LogP contribution in [0.4, 0.5) is 5.69 Å². The number of fused-ring (bicyclic) bond motifs is 2. The van der Waals surface area contributed by atoms with Gasteiger partial charge in [0, 0.05) is 36.6 Å². The van der Waals surface area contributed by atoms with E-state index >= 15 is 0 Å². The Morgan fingerprint density at radius 1 is 0.964 bits per heavy atom. The van der Waals surface area contributed by atoms with E-state index in [-0.39, 0.29) is 5.56 Å². The second kappa shape index (κ2) is 6.80. The van der Waals surface area contributed by atoms with Crippen molar-refractivity contribution in [3.8, 4) is 22.6 Å². The Balaban J connectivity index is 1.55. The van der Waals surface area contributed by atoms with E-state index in [9.17, 15) is 4.79 Å². The molecular formula is C22H23N5O. The molecule has 5 rings (SSSR count). The van der Waals surface area contributed by atoms with Gasteiger partial charge in [-0.05, 0) is 44.3 Å². The van der Waals surface area contributed by atoms with Crippen LogP contribution in [0, 0.1) is 0 Å². The monoisotopic (exact) mass is 373 g/mol. The van der Waals surface area contributed by atoms with Gasteiger partial charge < -0.3 is 19.8 Å². The third kappa shape index (κ3) is 2.96. The van der Waals surface area contributed by atoms with E-state index in [4.69, 9.17) is 4.98 Å².